The molecule has 0 fully saturated rings. The minimum Gasteiger partial charge on any atom is -0.496 e. The molecule has 0 radical (unpaired) electrons. The van der Waals surface area contributed by atoms with E-state index in [1.807, 2.05) is 0 Å². The van der Waals surface area contributed by atoms with E-state index >= 15 is 0 Å². The van der Waals surface area contributed by atoms with Gasteiger partial charge in [0, 0.05) is 0 Å². The van der Waals surface area contributed by atoms with Gasteiger partial charge < -0.3 is 9.47 Å². The molecule has 2 aromatic rings. The number of halogens is 6. The van der Waals surface area contributed by atoms with E-state index in [1.54, 1.807) is 0 Å². The average molecular weight is 336 g/mol. The van der Waals surface area contributed by atoms with E-state index in [2.05, 4.69) is 4.74 Å². The van der Waals surface area contributed by atoms with E-state index in [9.17, 15) is 26.3 Å². The largest absolute Gasteiger partial charge is 0.573 e. The first kappa shape index (κ1) is 17.0. The predicted octanol–water partition coefficient (Wildman–Crippen LogP) is 5.28. The minimum absolute atomic E-state index is 0.369. The third-order valence-electron chi connectivity index (χ3n) is 2.93. The number of rotatable bonds is 3. The summed E-state index contributed by atoms with van der Waals surface area (Å²) in [6.45, 7) is 0. The molecule has 23 heavy (non-hydrogen) atoms. The topological polar surface area (TPSA) is 18.5 Å². The van der Waals surface area contributed by atoms with Gasteiger partial charge >= 0.3 is 12.5 Å². The summed E-state index contributed by atoms with van der Waals surface area (Å²) < 4.78 is 83.0. The molecule has 0 amide bonds. The first-order valence-electron chi connectivity index (χ1n) is 6.21. The molecule has 0 N–H and O–H groups in total. The second-order valence-electron chi connectivity index (χ2n) is 4.49. The van der Waals surface area contributed by atoms with Crippen LogP contribution in [0.1, 0.15) is 5.56 Å². The van der Waals surface area contributed by atoms with Gasteiger partial charge in [-0.15, -0.1) is 13.2 Å². The van der Waals surface area contributed by atoms with E-state index in [1.165, 1.54) is 24.3 Å². The van der Waals surface area contributed by atoms with Crippen LogP contribution in [0.5, 0.6) is 11.5 Å². The fourth-order valence-electron chi connectivity index (χ4n) is 1.95. The second-order valence-corrected chi connectivity index (χ2v) is 4.49. The second kappa shape index (κ2) is 6.02. The van der Waals surface area contributed by atoms with Crippen molar-refractivity contribution in [2.45, 2.75) is 12.5 Å². The van der Waals surface area contributed by atoms with Gasteiger partial charge in [-0.05, 0) is 35.4 Å². The van der Waals surface area contributed by atoms with Gasteiger partial charge in [0.05, 0.1) is 12.7 Å². The standard InChI is InChI=1S/C15H10F6O2/c1-22-13-8-10(4-7-12(13)14(16,17)18)9-2-5-11(6-3-9)23-15(19,20)21/h2-8H,1H3. The van der Waals surface area contributed by atoms with Crippen LogP contribution in [0, 0.1) is 0 Å². The first-order valence-corrected chi connectivity index (χ1v) is 6.21. The molecule has 0 spiro atoms. The van der Waals surface area contributed by atoms with Crippen molar-refractivity contribution in [2.75, 3.05) is 7.11 Å². The van der Waals surface area contributed by atoms with Crippen LogP contribution >= 0.6 is 0 Å². The van der Waals surface area contributed by atoms with Crippen molar-refractivity contribution in [2.24, 2.45) is 0 Å². The smallest absolute Gasteiger partial charge is 0.496 e. The molecular weight excluding hydrogens is 326 g/mol. The molecule has 0 aliphatic heterocycles. The summed E-state index contributed by atoms with van der Waals surface area (Å²) in [6, 6.07) is 8.01. The maximum Gasteiger partial charge on any atom is 0.573 e. The molecule has 0 aliphatic carbocycles. The molecule has 124 valence electrons. The van der Waals surface area contributed by atoms with E-state index in [-0.39, 0.29) is 5.75 Å². The van der Waals surface area contributed by atoms with Crippen molar-refractivity contribution < 1.29 is 35.8 Å². The molecule has 0 saturated heterocycles. The molecule has 0 heterocycles. The summed E-state index contributed by atoms with van der Waals surface area (Å²) in [5.74, 6) is -0.786. The Labute approximate surface area is 127 Å². The summed E-state index contributed by atoms with van der Waals surface area (Å²) in [7, 11) is 1.11. The van der Waals surface area contributed by atoms with Crippen LogP contribution in [0.15, 0.2) is 42.5 Å². The summed E-state index contributed by atoms with van der Waals surface area (Å²) in [4.78, 5) is 0. The van der Waals surface area contributed by atoms with Crippen molar-refractivity contribution in [1.29, 1.82) is 0 Å². The normalized spacial score (nSPS) is 12.1. The maximum atomic E-state index is 12.8. The first-order chi connectivity index (χ1) is 10.6. The molecule has 0 saturated carbocycles. The zero-order valence-electron chi connectivity index (χ0n) is 11.6. The van der Waals surface area contributed by atoms with Gasteiger partial charge in [0.1, 0.15) is 11.5 Å². The Bertz CT molecular complexity index is 674. The molecule has 0 aliphatic rings. The Morgan fingerprint density at radius 1 is 0.783 bits per heavy atom. The maximum absolute atomic E-state index is 12.8. The van der Waals surface area contributed by atoms with Crippen LogP contribution in [0.4, 0.5) is 26.3 Å². The highest BCUT2D eigenvalue weighted by molar-refractivity contribution is 5.67. The molecular formula is C15H10F6O2. The fraction of sp³-hybridized carbons (Fsp3) is 0.200. The van der Waals surface area contributed by atoms with Crippen LogP contribution in [0.3, 0.4) is 0 Å². The van der Waals surface area contributed by atoms with Crippen molar-refractivity contribution in [3.8, 4) is 22.6 Å². The Hall–Kier alpha value is -2.38. The zero-order valence-corrected chi connectivity index (χ0v) is 11.6. The fourth-order valence-corrected chi connectivity index (χ4v) is 1.95. The number of benzene rings is 2. The van der Waals surface area contributed by atoms with Crippen molar-refractivity contribution in [3.05, 3.63) is 48.0 Å². The summed E-state index contributed by atoms with van der Waals surface area (Å²) in [5.41, 5.74) is -0.138. The highest BCUT2D eigenvalue weighted by Crippen LogP contribution is 2.38. The van der Waals surface area contributed by atoms with Gasteiger partial charge in [-0.2, -0.15) is 13.2 Å². The molecule has 0 bridgehead atoms. The molecule has 0 atom stereocenters. The predicted molar refractivity (Wildman–Crippen MR) is 70.1 cm³/mol. The molecule has 0 unspecified atom stereocenters. The molecule has 0 aromatic heterocycles. The number of hydrogen-bond acceptors (Lipinski definition) is 2. The van der Waals surface area contributed by atoms with Crippen LogP contribution in [0.2, 0.25) is 0 Å². The van der Waals surface area contributed by atoms with Gasteiger partial charge in [-0.3, -0.25) is 0 Å². The summed E-state index contributed by atoms with van der Waals surface area (Å²) >= 11 is 0. The van der Waals surface area contributed by atoms with Gasteiger partial charge in [0.25, 0.3) is 0 Å². The highest BCUT2D eigenvalue weighted by atomic mass is 19.4. The lowest BCUT2D eigenvalue weighted by Gasteiger charge is -2.14. The molecule has 2 nitrogen and oxygen atoms in total. The minimum atomic E-state index is -4.81. The van der Waals surface area contributed by atoms with E-state index in [4.69, 9.17) is 4.74 Å². The Kier molecular flexibility index (Phi) is 4.44. The Morgan fingerprint density at radius 2 is 1.35 bits per heavy atom. The summed E-state index contributed by atoms with van der Waals surface area (Å²) in [6.07, 6.45) is -9.37. The quantitative estimate of drug-likeness (QED) is 0.710. The average Bonchev–Trinajstić information content (AvgIpc) is 2.44. The van der Waals surface area contributed by atoms with Gasteiger partial charge in [0.15, 0.2) is 0 Å². The highest BCUT2D eigenvalue weighted by Gasteiger charge is 2.34. The van der Waals surface area contributed by atoms with Crippen molar-refractivity contribution in [3.63, 3.8) is 0 Å². The van der Waals surface area contributed by atoms with Gasteiger partial charge in [0.2, 0.25) is 0 Å². The Balaban J connectivity index is 2.32. The lowest BCUT2D eigenvalue weighted by atomic mass is 10.0. The van der Waals surface area contributed by atoms with E-state index in [0.29, 0.717) is 11.1 Å². The van der Waals surface area contributed by atoms with Crippen molar-refractivity contribution in [1.82, 2.24) is 0 Å². The number of ether oxygens (including phenoxy) is 2. The van der Waals surface area contributed by atoms with Gasteiger partial charge in [-0.25, -0.2) is 0 Å². The molecule has 2 aromatic carbocycles. The van der Waals surface area contributed by atoms with Crippen LogP contribution < -0.4 is 9.47 Å². The van der Waals surface area contributed by atoms with E-state index < -0.39 is 23.9 Å². The number of alkyl halides is 6. The SMILES string of the molecule is COc1cc(-c2ccc(OC(F)(F)F)cc2)ccc1C(F)(F)F. The summed E-state index contributed by atoms with van der Waals surface area (Å²) in [5, 5.41) is 0. The van der Waals surface area contributed by atoms with Crippen LogP contribution in [-0.2, 0) is 6.18 Å². The molecule has 2 rings (SSSR count). The third-order valence-corrected chi connectivity index (χ3v) is 2.93. The van der Waals surface area contributed by atoms with Crippen LogP contribution in [-0.4, -0.2) is 13.5 Å². The Morgan fingerprint density at radius 3 is 1.83 bits per heavy atom. The van der Waals surface area contributed by atoms with E-state index in [0.717, 1.165) is 25.3 Å². The number of hydrogen-bond donors (Lipinski definition) is 0. The lowest BCUT2D eigenvalue weighted by molar-refractivity contribution is -0.274. The molecule has 8 heteroatoms. The number of methoxy groups -OCH3 is 1. The third kappa shape index (κ3) is 4.30. The lowest BCUT2D eigenvalue weighted by Crippen LogP contribution is -2.16. The monoisotopic (exact) mass is 336 g/mol. The van der Waals surface area contributed by atoms with Crippen LogP contribution in [0.25, 0.3) is 11.1 Å². The van der Waals surface area contributed by atoms with Gasteiger partial charge in [-0.1, -0.05) is 18.2 Å². The van der Waals surface area contributed by atoms with Crippen molar-refractivity contribution >= 4 is 0 Å². The zero-order chi connectivity index (χ0) is 17.3.